The van der Waals surface area contributed by atoms with Crippen molar-refractivity contribution in [1.29, 1.82) is 0 Å². The number of esters is 1. The first kappa shape index (κ1) is 12.9. The maximum Gasteiger partial charge on any atom is 0.305 e. The molecule has 1 unspecified atom stereocenters. The first-order valence-electron chi connectivity index (χ1n) is 4.92. The summed E-state index contributed by atoms with van der Waals surface area (Å²) in [6.07, 6.45) is 3.89. The van der Waals surface area contributed by atoms with E-state index in [0.717, 1.165) is 11.8 Å². The molecule has 0 N–H and O–H groups in total. The van der Waals surface area contributed by atoms with Gasteiger partial charge in [-0.15, -0.1) is 0 Å². The first-order valence-corrected chi connectivity index (χ1v) is 6.04. The molecule has 0 rings (SSSR count). The topological polar surface area (TPSA) is 26.3 Å². The van der Waals surface area contributed by atoms with Crippen LogP contribution in [0.4, 0.5) is 0 Å². The van der Waals surface area contributed by atoms with Gasteiger partial charge in [-0.2, -0.15) is 0 Å². The van der Waals surface area contributed by atoms with Gasteiger partial charge in [0.15, 0.2) is 0 Å². The summed E-state index contributed by atoms with van der Waals surface area (Å²) in [6, 6.07) is 0. The van der Waals surface area contributed by atoms with Crippen molar-refractivity contribution in [3.63, 3.8) is 0 Å². The van der Waals surface area contributed by atoms with Crippen LogP contribution >= 0.6 is 15.9 Å². The van der Waals surface area contributed by atoms with E-state index in [1.54, 1.807) is 0 Å². The Labute approximate surface area is 89.2 Å². The SMILES string of the molecule is CCOC(=O)CCC(C)CCCBr. The van der Waals surface area contributed by atoms with Gasteiger partial charge in [-0.05, 0) is 32.1 Å². The molecule has 0 heterocycles. The van der Waals surface area contributed by atoms with Crippen molar-refractivity contribution in [1.82, 2.24) is 0 Å². The quantitative estimate of drug-likeness (QED) is 0.513. The third-order valence-corrected chi connectivity index (χ3v) is 2.54. The average molecular weight is 251 g/mol. The Kier molecular flexibility index (Phi) is 8.51. The second kappa shape index (κ2) is 8.54. The van der Waals surface area contributed by atoms with E-state index in [9.17, 15) is 4.79 Å². The molecule has 0 aromatic rings. The lowest BCUT2D eigenvalue weighted by Gasteiger charge is -2.09. The minimum Gasteiger partial charge on any atom is -0.466 e. The molecule has 0 spiro atoms. The van der Waals surface area contributed by atoms with Crippen molar-refractivity contribution in [2.75, 3.05) is 11.9 Å². The molecule has 2 nitrogen and oxygen atoms in total. The third-order valence-electron chi connectivity index (χ3n) is 1.98. The maximum absolute atomic E-state index is 11.0. The van der Waals surface area contributed by atoms with Gasteiger partial charge in [0.1, 0.15) is 0 Å². The van der Waals surface area contributed by atoms with E-state index >= 15 is 0 Å². The Hall–Kier alpha value is -0.0500. The summed E-state index contributed by atoms with van der Waals surface area (Å²) in [5.41, 5.74) is 0. The summed E-state index contributed by atoms with van der Waals surface area (Å²) in [4.78, 5) is 11.0. The van der Waals surface area contributed by atoms with Crippen LogP contribution in [-0.4, -0.2) is 17.9 Å². The van der Waals surface area contributed by atoms with Crippen LogP contribution < -0.4 is 0 Å². The highest BCUT2D eigenvalue weighted by Gasteiger charge is 2.06. The van der Waals surface area contributed by atoms with E-state index in [1.165, 1.54) is 12.8 Å². The molecule has 0 aromatic carbocycles. The van der Waals surface area contributed by atoms with Crippen molar-refractivity contribution < 1.29 is 9.53 Å². The number of carbonyl (C=O) groups is 1. The number of halogens is 1. The second-order valence-electron chi connectivity index (χ2n) is 3.28. The fraction of sp³-hybridized carbons (Fsp3) is 0.900. The molecule has 0 amide bonds. The van der Waals surface area contributed by atoms with Gasteiger partial charge < -0.3 is 4.74 Å². The van der Waals surface area contributed by atoms with Gasteiger partial charge in [-0.3, -0.25) is 4.79 Å². The van der Waals surface area contributed by atoms with Crippen LogP contribution in [0.1, 0.15) is 39.5 Å². The summed E-state index contributed by atoms with van der Waals surface area (Å²) in [7, 11) is 0. The third kappa shape index (κ3) is 8.28. The molecule has 3 heteroatoms. The molecule has 78 valence electrons. The maximum atomic E-state index is 11.0. The summed E-state index contributed by atoms with van der Waals surface area (Å²) in [5, 5.41) is 1.05. The van der Waals surface area contributed by atoms with E-state index < -0.39 is 0 Å². The van der Waals surface area contributed by atoms with Gasteiger partial charge in [0.2, 0.25) is 0 Å². The summed E-state index contributed by atoms with van der Waals surface area (Å²) in [5.74, 6) is 0.565. The van der Waals surface area contributed by atoms with Gasteiger partial charge in [-0.25, -0.2) is 0 Å². The summed E-state index contributed by atoms with van der Waals surface area (Å²) >= 11 is 3.39. The largest absolute Gasteiger partial charge is 0.466 e. The molecule has 0 fully saturated rings. The zero-order valence-electron chi connectivity index (χ0n) is 8.51. The van der Waals surface area contributed by atoms with Crippen LogP contribution in [-0.2, 0) is 9.53 Å². The molecule has 0 aliphatic rings. The number of hydrogen-bond acceptors (Lipinski definition) is 2. The van der Waals surface area contributed by atoms with Gasteiger partial charge in [-0.1, -0.05) is 22.9 Å². The lowest BCUT2D eigenvalue weighted by atomic mass is 10.0. The average Bonchev–Trinajstić information content (AvgIpc) is 2.12. The Morgan fingerprint density at radius 3 is 2.69 bits per heavy atom. The molecule has 0 saturated carbocycles. The smallest absolute Gasteiger partial charge is 0.305 e. The highest BCUT2D eigenvalue weighted by Crippen LogP contribution is 2.13. The van der Waals surface area contributed by atoms with Crippen LogP contribution in [0.5, 0.6) is 0 Å². The van der Waals surface area contributed by atoms with Crippen molar-refractivity contribution in [3.05, 3.63) is 0 Å². The lowest BCUT2D eigenvalue weighted by Crippen LogP contribution is -2.06. The standard InChI is InChI=1S/C10H19BrO2/c1-3-13-10(12)7-6-9(2)5-4-8-11/h9H,3-8H2,1-2H3. The Bertz CT molecular complexity index is 137. The van der Waals surface area contributed by atoms with Gasteiger partial charge in [0.05, 0.1) is 6.61 Å². The van der Waals surface area contributed by atoms with E-state index in [0.29, 0.717) is 18.9 Å². The van der Waals surface area contributed by atoms with Crippen LogP contribution in [0.25, 0.3) is 0 Å². The molecule has 0 saturated heterocycles. The molecule has 1 atom stereocenters. The molecular weight excluding hydrogens is 232 g/mol. The van der Waals surface area contributed by atoms with Crippen LogP contribution in [0.15, 0.2) is 0 Å². The molecule has 0 aliphatic carbocycles. The van der Waals surface area contributed by atoms with Gasteiger partial charge >= 0.3 is 5.97 Å². The highest BCUT2D eigenvalue weighted by atomic mass is 79.9. The summed E-state index contributed by atoms with van der Waals surface area (Å²) < 4.78 is 4.85. The van der Waals surface area contributed by atoms with Crippen LogP contribution in [0.2, 0.25) is 0 Å². The van der Waals surface area contributed by atoms with Gasteiger partial charge in [0, 0.05) is 11.8 Å². The van der Waals surface area contributed by atoms with E-state index in [1.807, 2.05) is 6.92 Å². The number of hydrogen-bond donors (Lipinski definition) is 0. The predicted octanol–water partition coefficient (Wildman–Crippen LogP) is 3.14. The Morgan fingerprint density at radius 2 is 2.15 bits per heavy atom. The molecule has 0 bridgehead atoms. The monoisotopic (exact) mass is 250 g/mol. The zero-order chi connectivity index (χ0) is 10.1. The van der Waals surface area contributed by atoms with Crippen molar-refractivity contribution in [2.45, 2.75) is 39.5 Å². The molecular formula is C10H19BrO2. The first-order chi connectivity index (χ1) is 6.20. The normalized spacial score (nSPS) is 12.5. The number of ether oxygens (including phenoxy) is 1. The van der Waals surface area contributed by atoms with Crippen molar-refractivity contribution >= 4 is 21.9 Å². The van der Waals surface area contributed by atoms with E-state index in [-0.39, 0.29) is 5.97 Å². The molecule has 0 aliphatic heterocycles. The predicted molar refractivity (Wildman–Crippen MR) is 58.1 cm³/mol. The number of alkyl halides is 1. The molecule has 0 radical (unpaired) electrons. The minimum absolute atomic E-state index is 0.0619. The van der Waals surface area contributed by atoms with Crippen LogP contribution in [0.3, 0.4) is 0 Å². The van der Waals surface area contributed by atoms with Crippen molar-refractivity contribution in [3.8, 4) is 0 Å². The Balaban J connectivity index is 3.34. The fourth-order valence-electron chi connectivity index (χ4n) is 1.17. The lowest BCUT2D eigenvalue weighted by molar-refractivity contribution is -0.143. The van der Waals surface area contributed by atoms with Crippen molar-refractivity contribution in [2.24, 2.45) is 5.92 Å². The molecule has 13 heavy (non-hydrogen) atoms. The summed E-state index contributed by atoms with van der Waals surface area (Å²) in [6.45, 7) is 4.52. The Morgan fingerprint density at radius 1 is 1.46 bits per heavy atom. The fourth-order valence-corrected chi connectivity index (χ4v) is 1.49. The van der Waals surface area contributed by atoms with Gasteiger partial charge in [0.25, 0.3) is 0 Å². The van der Waals surface area contributed by atoms with E-state index in [2.05, 4.69) is 22.9 Å². The zero-order valence-corrected chi connectivity index (χ0v) is 10.1. The minimum atomic E-state index is -0.0619. The number of rotatable bonds is 7. The molecule has 0 aromatic heterocycles. The second-order valence-corrected chi connectivity index (χ2v) is 4.07. The number of carbonyl (C=O) groups excluding carboxylic acids is 1. The van der Waals surface area contributed by atoms with E-state index in [4.69, 9.17) is 4.74 Å². The highest BCUT2D eigenvalue weighted by molar-refractivity contribution is 9.09. The van der Waals surface area contributed by atoms with Crippen LogP contribution in [0, 0.1) is 5.92 Å².